The molecule has 0 fully saturated rings. The summed E-state index contributed by atoms with van der Waals surface area (Å²) in [6.45, 7) is 0.134. The molecule has 0 spiro atoms. The standard InChI is InChI=1S/C16H19N3O4S/c20-15(12-19-11-5-4-8-16(19)21)17-9-10-18-24(22,23)13-14-6-2-1-3-7-14/h1-8,11,18H,9-10,12-13H2,(H,17,20). The zero-order valence-corrected chi connectivity index (χ0v) is 13.8. The first-order valence-corrected chi connectivity index (χ1v) is 9.05. The van der Waals surface area contributed by atoms with Crippen LogP contribution in [0.5, 0.6) is 0 Å². The summed E-state index contributed by atoms with van der Waals surface area (Å²) in [4.78, 5) is 23.2. The minimum absolute atomic E-state index is 0.0879. The number of carbonyl (C=O) groups excluding carboxylic acids is 1. The first-order chi connectivity index (χ1) is 11.5. The van der Waals surface area contributed by atoms with Crippen LogP contribution in [0.15, 0.2) is 59.5 Å². The number of sulfonamides is 1. The lowest BCUT2D eigenvalue weighted by atomic mass is 10.2. The Balaban J connectivity index is 1.73. The Labute approximate surface area is 140 Å². The van der Waals surface area contributed by atoms with Crippen molar-refractivity contribution in [2.75, 3.05) is 13.1 Å². The van der Waals surface area contributed by atoms with Crippen molar-refractivity contribution < 1.29 is 13.2 Å². The van der Waals surface area contributed by atoms with E-state index in [4.69, 9.17) is 0 Å². The largest absolute Gasteiger partial charge is 0.353 e. The van der Waals surface area contributed by atoms with Gasteiger partial charge in [-0.15, -0.1) is 0 Å². The number of pyridine rings is 1. The summed E-state index contributed by atoms with van der Waals surface area (Å²) >= 11 is 0. The highest BCUT2D eigenvalue weighted by Gasteiger charge is 2.11. The maximum absolute atomic E-state index is 11.9. The SMILES string of the molecule is O=C(Cn1ccccc1=O)NCCNS(=O)(=O)Cc1ccccc1. The average molecular weight is 349 g/mol. The van der Waals surface area contributed by atoms with E-state index in [0.717, 1.165) is 0 Å². The summed E-state index contributed by atoms with van der Waals surface area (Å²) in [5.74, 6) is -0.466. The van der Waals surface area contributed by atoms with E-state index in [2.05, 4.69) is 10.0 Å². The summed E-state index contributed by atoms with van der Waals surface area (Å²) < 4.78 is 27.5. The lowest BCUT2D eigenvalue weighted by Crippen LogP contribution is -2.37. The van der Waals surface area contributed by atoms with Crippen molar-refractivity contribution in [2.24, 2.45) is 0 Å². The van der Waals surface area contributed by atoms with Crippen LogP contribution in [0.3, 0.4) is 0 Å². The number of amides is 1. The Hall–Kier alpha value is -2.45. The predicted molar refractivity (Wildman–Crippen MR) is 90.8 cm³/mol. The molecule has 0 aliphatic rings. The van der Waals surface area contributed by atoms with Crippen LogP contribution < -0.4 is 15.6 Å². The van der Waals surface area contributed by atoms with Gasteiger partial charge in [-0.25, -0.2) is 13.1 Å². The molecule has 128 valence electrons. The van der Waals surface area contributed by atoms with E-state index in [1.165, 1.54) is 16.8 Å². The number of hydrogen-bond donors (Lipinski definition) is 2. The molecule has 1 heterocycles. The number of benzene rings is 1. The molecule has 0 saturated heterocycles. The van der Waals surface area contributed by atoms with Crippen molar-refractivity contribution in [3.8, 4) is 0 Å². The van der Waals surface area contributed by atoms with Crippen LogP contribution in [0.4, 0.5) is 0 Å². The molecule has 2 rings (SSSR count). The molecule has 24 heavy (non-hydrogen) atoms. The van der Waals surface area contributed by atoms with Crippen LogP contribution in [-0.2, 0) is 27.1 Å². The van der Waals surface area contributed by atoms with Gasteiger partial charge in [-0.2, -0.15) is 0 Å². The Morgan fingerprint density at radius 2 is 1.71 bits per heavy atom. The van der Waals surface area contributed by atoms with Crippen LogP contribution in [0, 0.1) is 0 Å². The van der Waals surface area contributed by atoms with Gasteiger partial charge >= 0.3 is 0 Å². The number of carbonyl (C=O) groups is 1. The Kier molecular flexibility index (Phi) is 6.28. The molecule has 1 aromatic carbocycles. The number of nitrogens with one attached hydrogen (secondary N) is 2. The number of aromatic nitrogens is 1. The van der Waals surface area contributed by atoms with E-state index >= 15 is 0 Å². The molecule has 7 nitrogen and oxygen atoms in total. The number of rotatable bonds is 8. The second-order valence-corrected chi connectivity index (χ2v) is 6.96. The normalized spacial score (nSPS) is 11.2. The second-order valence-electron chi connectivity index (χ2n) is 5.16. The van der Waals surface area contributed by atoms with Crippen molar-refractivity contribution >= 4 is 15.9 Å². The third-order valence-electron chi connectivity index (χ3n) is 3.18. The van der Waals surface area contributed by atoms with E-state index in [0.29, 0.717) is 5.56 Å². The Morgan fingerprint density at radius 3 is 2.42 bits per heavy atom. The second kappa shape index (κ2) is 8.42. The molecule has 2 aromatic rings. The molecule has 0 atom stereocenters. The topological polar surface area (TPSA) is 97.3 Å². The van der Waals surface area contributed by atoms with Crippen molar-refractivity contribution in [3.63, 3.8) is 0 Å². The van der Waals surface area contributed by atoms with Crippen LogP contribution >= 0.6 is 0 Å². The minimum Gasteiger partial charge on any atom is -0.353 e. The highest BCUT2D eigenvalue weighted by atomic mass is 32.2. The van der Waals surface area contributed by atoms with E-state index in [9.17, 15) is 18.0 Å². The van der Waals surface area contributed by atoms with Gasteiger partial charge in [0, 0.05) is 25.4 Å². The van der Waals surface area contributed by atoms with E-state index in [1.807, 2.05) is 6.07 Å². The molecule has 2 N–H and O–H groups in total. The van der Waals surface area contributed by atoms with Crippen molar-refractivity contribution in [1.82, 2.24) is 14.6 Å². The molecule has 0 saturated carbocycles. The smallest absolute Gasteiger partial charge is 0.250 e. The fraction of sp³-hybridized carbons (Fsp3) is 0.250. The van der Waals surface area contributed by atoms with Gasteiger partial charge in [0.1, 0.15) is 6.54 Å². The number of hydrogen-bond acceptors (Lipinski definition) is 4. The van der Waals surface area contributed by atoms with Gasteiger partial charge in [0.2, 0.25) is 15.9 Å². The van der Waals surface area contributed by atoms with Gasteiger partial charge < -0.3 is 9.88 Å². The van der Waals surface area contributed by atoms with E-state index in [-0.39, 0.29) is 36.9 Å². The molecule has 1 aromatic heterocycles. The van der Waals surface area contributed by atoms with Crippen LogP contribution in [-0.4, -0.2) is 32.0 Å². The van der Waals surface area contributed by atoms with Crippen molar-refractivity contribution in [3.05, 3.63) is 70.6 Å². The Morgan fingerprint density at radius 1 is 1.00 bits per heavy atom. The molecule has 0 bridgehead atoms. The van der Waals surface area contributed by atoms with Gasteiger partial charge in [-0.3, -0.25) is 9.59 Å². The molecule has 1 amide bonds. The highest BCUT2D eigenvalue weighted by molar-refractivity contribution is 7.88. The summed E-state index contributed by atoms with van der Waals surface area (Å²) in [6, 6.07) is 13.5. The summed E-state index contributed by atoms with van der Waals surface area (Å²) in [6.07, 6.45) is 1.52. The molecular weight excluding hydrogens is 330 g/mol. The predicted octanol–water partition coefficient (Wildman–Crippen LogP) is 0.0841. The number of nitrogens with zero attached hydrogens (tertiary/aromatic N) is 1. The Bertz CT molecular complexity index is 832. The minimum atomic E-state index is -3.45. The quantitative estimate of drug-likeness (QED) is 0.660. The molecule has 0 radical (unpaired) electrons. The van der Waals surface area contributed by atoms with E-state index in [1.54, 1.807) is 36.4 Å². The van der Waals surface area contributed by atoms with Gasteiger partial charge in [0.05, 0.1) is 5.75 Å². The zero-order valence-electron chi connectivity index (χ0n) is 13.0. The summed E-state index contributed by atoms with van der Waals surface area (Å²) in [5, 5.41) is 2.57. The summed E-state index contributed by atoms with van der Waals surface area (Å²) in [7, 11) is -3.45. The first kappa shape index (κ1) is 17.9. The fourth-order valence-electron chi connectivity index (χ4n) is 2.06. The van der Waals surface area contributed by atoms with Gasteiger partial charge in [0.15, 0.2) is 0 Å². The van der Waals surface area contributed by atoms with Gasteiger partial charge in [0.25, 0.3) is 5.56 Å². The van der Waals surface area contributed by atoms with Crippen molar-refractivity contribution in [1.29, 1.82) is 0 Å². The van der Waals surface area contributed by atoms with E-state index < -0.39 is 10.0 Å². The van der Waals surface area contributed by atoms with Gasteiger partial charge in [-0.05, 0) is 11.6 Å². The fourth-order valence-corrected chi connectivity index (χ4v) is 3.20. The lowest BCUT2D eigenvalue weighted by Gasteiger charge is -2.09. The molecule has 0 aliphatic carbocycles. The molecule has 0 aliphatic heterocycles. The molecular formula is C16H19N3O4S. The van der Waals surface area contributed by atoms with Crippen LogP contribution in [0.2, 0.25) is 0 Å². The van der Waals surface area contributed by atoms with Crippen molar-refractivity contribution in [2.45, 2.75) is 12.3 Å². The molecule has 8 heteroatoms. The van der Waals surface area contributed by atoms with Crippen LogP contribution in [0.1, 0.15) is 5.56 Å². The lowest BCUT2D eigenvalue weighted by molar-refractivity contribution is -0.121. The maximum atomic E-state index is 11.9. The third-order valence-corrected chi connectivity index (χ3v) is 4.54. The monoisotopic (exact) mass is 349 g/mol. The average Bonchev–Trinajstić information content (AvgIpc) is 2.54. The summed E-state index contributed by atoms with van der Waals surface area (Å²) in [5.41, 5.74) is 0.425. The third kappa shape index (κ3) is 5.98. The maximum Gasteiger partial charge on any atom is 0.250 e. The highest BCUT2D eigenvalue weighted by Crippen LogP contribution is 2.03. The van der Waals surface area contributed by atoms with Gasteiger partial charge in [-0.1, -0.05) is 36.4 Å². The zero-order chi connectivity index (χ0) is 17.4. The first-order valence-electron chi connectivity index (χ1n) is 7.40. The van der Waals surface area contributed by atoms with Crippen LogP contribution in [0.25, 0.3) is 0 Å². The molecule has 0 unspecified atom stereocenters.